The van der Waals surface area contributed by atoms with Crippen LogP contribution in [-0.2, 0) is 11.3 Å². The molecule has 34 heavy (non-hydrogen) atoms. The molecular formula is C26H31ClN4O3. The molecule has 1 aliphatic heterocycles. The second-order valence-electron chi connectivity index (χ2n) is 8.81. The molecule has 4 rings (SSSR count). The quantitative estimate of drug-likeness (QED) is 0.517. The Hall–Kier alpha value is -2.87. The van der Waals surface area contributed by atoms with Gasteiger partial charge < -0.3 is 19.9 Å². The molecule has 0 saturated carbocycles. The van der Waals surface area contributed by atoms with Gasteiger partial charge in [0.25, 0.3) is 5.56 Å². The third-order valence-electron chi connectivity index (χ3n) is 6.29. The summed E-state index contributed by atoms with van der Waals surface area (Å²) < 4.78 is 5.42. The molecule has 1 aliphatic rings. The number of halogens is 1. The SMILES string of the molecule is Cc1cc2cc(CN(CCCN3CCOCC3)C(=O)Nc3ccc(Cl)cc3)c(=O)[nH]c2cc1C. The minimum atomic E-state index is -0.246. The smallest absolute Gasteiger partial charge is 0.322 e. The molecule has 0 radical (unpaired) electrons. The van der Waals surface area contributed by atoms with E-state index < -0.39 is 0 Å². The van der Waals surface area contributed by atoms with Crippen molar-refractivity contribution >= 4 is 34.2 Å². The van der Waals surface area contributed by atoms with Crippen LogP contribution in [0.25, 0.3) is 10.9 Å². The molecule has 1 saturated heterocycles. The lowest BCUT2D eigenvalue weighted by molar-refractivity contribution is 0.0365. The molecule has 2 amide bonds. The first-order valence-corrected chi connectivity index (χ1v) is 12.0. The Morgan fingerprint density at radius 2 is 1.82 bits per heavy atom. The fourth-order valence-corrected chi connectivity index (χ4v) is 4.27. The third kappa shape index (κ3) is 6.17. The number of benzene rings is 2. The van der Waals surface area contributed by atoms with E-state index in [0.717, 1.165) is 61.3 Å². The molecule has 2 heterocycles. The van der Waals surface area contributed by atoms with Crippen LogP contribution >= 0.6 is 11.6 Å². The number of aromatic nitrogens is 1. The first-order valence-electron chi connectivity index (χ1n) is 11.6. The number of urea groups is 1. The average Bonchev–Trinajstić information content (AvgIpc) is 2.82. The first kappa shape index (κ1) is 24.3. The number of anilines is 1. The van der Waals surface area contributed by atoms with Gasteiger partial charge in [-0.05, 0) is 79.2 Å². The maximum absolute atomic E-state index is 13.2. The Bertz CT molecular complexity index is 1200. The second kappa shape index (κ2) is 11.0. The average molecular weight is 483 g/mol. The topological polar surface area (TPSA) is 77.7 Å². The second-order valence-corrected chi connectivity index (χ2v) is 9.25. The van der Waals surface area contributed by atoms with Crippen molar-refractivity contribution in [3.05, 3.63) is 74.5 Å². The van der Waals surface area contributed by atoms with Crippen molar-refractivity contribution in [1.82, 2.24) is 14.8 Å². The number of carbonyl (C=O) groups excluding carboxylic acids is 1. The van der Waals surface area contributed by atoms with E-state index in [0.29, 0.717) is 22.8 Å². The minimum Gasteiger partial charge on any atom is -0.379 e. The van der Waals surface area contributed by atoms with Crippen LogP contribution in [0.15, 0.2) is 47.3 Å². The molecule has 3 aromatic rings. The Kier molecular flexibility index (Phi) is 7.88. The molecule has 7 nitrogen and oxygen atoms in total. The van der Waals surface area contributed by atoms with Crippen LogP contribution in [0.2, 0.25) is 5.02 Å². The number of pyridine rings is 1. The predicted molar refractivity (Wildman–Crippen MR) is 137 cm³/mol. The van der Waals surface area contributed by atoms with E-state index in [9.17, 15) is 9.59 Å². The van der Waals surface area contributed by atoms with Gasteiger partial charge in [0.2, 0.25) is 0 Å². The van der Waals surface area contributed by atoms with Crippen LogP contribution in [0.1, 0.15) is 23.1 Å². The van der Waals surface area contributed by atoms with Crippen molar-refractivity contribution in [2.24, 2.45) is 0 Å². The van der Waals surface area contributed by atoms with Crippen molar-refractivity contribution in [1.29, 1.82) is 0 Å². The predicted octanol–water partition coefficient (Wildman–Crippen LogP) is 4.55. The fraction of sp³-hybridized carbons (Fsp3) is 0.385. The molecule has 0 bridgehead atoms. The standard InChI is InChI=1S/C26H31ClN4O3/c1-18-14-20-16-21(25(32)29-24(20)15-19(18)2)17-31(9-3-8-30-10-12-34-13-11-30)26(33)28-23-6-4-22(27)5-7-23/h4-7,14-16H,3,8-13,17H2,1-2H3,(H,28,33)(H,29,32). The van der Waals surface area contributed by atoms with Crippen molar-refractivity contribution in [2.75, 3.05) is 44.7 Å². The summed E-state index contributed by atoms with van der Waals surface area (Å²) in [6, 6.07) is 12.7. The van der Waals surface area contributed by atoms with Gasteiger partial charge in [0.1, 0.15) is 0 Å². The summed E-state index contributed by atoms with van der Waals surface area (Å²) in [5, 5.41) is 4.50. The minimum absolute atomic E-state index is 0.173. The van der Waals surface area contributed by atoms with Gasteiger partial charge in [0.05, 0.1) is 19.8 Å². The Morgan fingerprint density at radius 3 is 2.56 bits per heavy atom. The number of rotatable bonds is 7. The summed E-state index contributed by atoms with van der Waals surface area (Å²) >= 11 is 5.97. The van der Waals surface area contributed by atoms with Crippen molar-refractivity contribution in [3.8, 4) is 0 Å². The molecule has 1 aromatic heterocycles. The molecule has 2 N–H and O–H groups in total. The summed E-state index contributed by atoms with van der Waals surface area (Å²) in [5.41, 5.74) is 4.14. The molecule has 0 spiro atoms. The number of H-pyrrole nitrogens is 1. The fourth-order valence-electron chi connectivity index (χ4n) is 4.14. The van der Waals surface area contributed by atoms with Gasteiger partial charge >= 0.3 is 6.03 Å². The largest absolute Gasteiger partial charge is 0.379 e. The zero-order chi connectivity index (χ0) is 24.1. The zero-order valence-electron chi connectivity index (χ0n) is 19.7. The van der Waals surface area contributed by atoms with E-state index in [1.54, 1.807) is 29.2 Å². The van der Waals surface area contributed by atoms with Crippen LogP contribution in [0, 0.1) is 13.8 Å². The molecular weight excluding hydrogens is 452 g/mol. The van der Waals surface area contributed by atoms with Crippen LogP contribution in [0.5, 0.6) is 0 Å². The highest BCUT2D eigenvalue weighted by atomic mass is 35.5. The Morgan fingerprint density at radius 1 is 1.12 bits per heavy atom. The lowest BCUT2D eigenvalue weighted by Crippen LogP contribution is -2.40. The van der Waals surface area contributed by atoms with Gasteiger partial charge in [-0.3, -0.25) is 9.69 Å². The molecule has 0 unspecified atom stereocenters. The number of aromatic amines is 1. The van der Waals surface area contributed by atoms with E-state index in [2.05, 4.69) is 28.2 Å². The number of morpholine rings is 1. The molecule has 1 fully saturated rings. The monoisotopic (exact) mass is 482 g/mol. The molecule has 0 aliphatic carbocycles. The first-order chi connectivity index (χ1) is 16.4. The number of amides is 2. The van der Waals surface area contributed by atoms with E-state index >= 15 is 0 Å². The number of carbonyl (C=O) groups is 1. The number of hydrogen-bond acceptors (Lipinski definition) is 4. The van der Waals surface area contributed by atoms with Crippen LogP contribution in [0.4, 0.5) is 10.5 Å². The number of aryl methyl sites for hydroxylation is 2. The number of nitrogens with one attached hydrogen (secondary N) is 2. The van der Waals surface area contributed by atoms with Gasteiger partial charge in [0, 0.05) is 48.0 Å². The normalized spacial score (nSPS) is 14.3. The van der Waals surface area contributed by atoms with Crippen molar-refractivity contribution in [2.45, 2.75) is 26.8 Å². The maximum atomic E-state index is 13.2. The van der Waals surface area contributed by atoms with Gasteiger partial charge in [-0.25, -0.2) is 4.79 Å². The van der Waals surface area contributed by atoms with E-state index in [-0.39, 0.29) is 18.1 Å². The highest BCUT2D eigenvalue weighted by molar-refractivity contribution is 6.30. The Balaban J connectivity index is 1.52. The summed E-state index contributed by atoms with van der Waals surface area (Å²) in [6.45, 7) is 9.00. The van der Waals surface area contributed by atoms with E-state index in [4.69, 9.17) is 16.3 Å². The highest BCUT2D eigenvalue weighted by Gasteiger charge is 2.18. The highest BCUT2D eigenvalue weighted by Crippen LogP contribution is 2.19. The van der Waals surface area contributed by atoms with Gasteiger partial charge in [-0.15, -0.1) is 0 Å². The number of hydrogen-bond donors (Lipinski definition) is 2. The Labute approximate surface area is 204 Å². The zero-order valence-corrected chi connectivity index (χ0v) is 20.5. The van der Waals surface area contributed by atoms with Crippen molar-refractivity contribution < 1.29 is 9.53 Å². The molecule has 0 atom stereocenters. The molecule has 8 heteroatoms. The molecule has 2 aromatic carbocycles. The molecule has 180 valence electrons. The summed E-state index contributed by atoms with van der Waals surface area (Å²) in [7, 11) is 0. The van der Waals surface area contributed by atoms with E-state index in [1.807, 2.05) is 19.1 Å². The lowest BCUT2D eigenvalue weighted by atomic mass is 10.0. The number of fused-ring (bicyclic) bond motifs is 1. The van der Waals surface area contributed by atoms with Crippen LogP contribution < -0.4 is 10.9 Å². The summed E-state index contributed by atoms with van der Waals surface area (Å²) in [4.78, 5) is 33.1. The van der Waals surface area contributed by atoms with Gasteiger partial charge in [-0.1, -0.05) is 11.6 Å². The van der Waals surface area contributed by atoms with Gasteiger partial charge in [0.15, 0.2) is 0 Å². The summed E-state index contributed by atoms with van der Waals surface area (Å²) in [5.74, 6) is 0. The summed E-state index contributed by atoms with van der Waals surface area (Å²) in [6.07, 6.45) is 0.803. The number of ether oxygens (including phenoxy) is 1. The van der Waals surface area contributed by atoms with Gasteiger partial charge in [-0.2, -0.15) is 0 Å². The third-order valence-corrected chi connectivity index (χ3v) is 6.54. The van der Waals surface area contributed by atoms with E-state index in [1.165, 1.54) is 0 Å². The van der Waals surface area contributed by atoms with Crippen LogP contribution in [0.3, 0.4) is 0 Å². The lowest BCUT2D eigenvalue weighted by Gasteiger charge is -2.28. The number of nitrogens with zero attached hydrogens (tertiary/aromatic N) is 2. The maximum Gasteiger partial charge on any atom is 0.322 e. The van der Waals surface area contributed by atoms with Crippen molar-refractivity contribution in [3.63, 3.8) is 0 Å². The van der Waals surface area contributed by atoms with Crippen LogP contribution in [-0.4, -0.2) is 60.2 Å².